The van der Waals surface area contributed by atoms with Gasteiger partial charge in [-0.2, -0.15) is 0 Å². The minimum atomic E-state index is -0.340. The van der Waals surface area contributed by atoms with Gasteiger partial charge in [-0.3, -0.25) is 15.0 Å². The van der Waals surface area contributed by atoms with Gasteiger partial charge >= 0.3 is 0 Å². The standard InChI is InChI=1S/C22H20FN5O2S/c1-3-28-9-8-16-18(11-28)31-22(25-16)26-20(29)15-10-17(13-4-6-14(23)7-5-13)24-21-19(15)12(2)27-30-21/h4-7,10H,3,8-9,11H2,1-2H3,(H,25,26,29). The Morgan fingerprint density at radius 2 is 2.10 bits per heavy atom. The highest BCUT2D eigenvalue weighted by Gasteiger charge is 2.23. The number of likely N-dealkylation sites (N-methyl/N-ethyl adjacent to an activating group) is 1. The normalized spacial score (nSPS) is 14.0. The van der Waals surface area contributed by atoms with E-state index >= 15 is 0 Å². The second-order valence-corrected chi connectivity index (χ2v) is 8.56. The van der Waals surface area contributed by atoms with Gasteiger partial charge in [-0.25, -0.2) is 14.4 Å². The first-order valence-corrected chi connectivity index (χ1v) is 10.9. The number of amides is 1. The summed E-state index contributed by atoms with van der Waals surface area (Å²) in [6.07, 6.45) is 0.883. The van der Waals surface area contributed by atoms with Crippen molar-refractivity contribution >= 4 is 33.5 Å². The molecule has 0 unspecified atom stereocenters. The van der Waals surface area contributed by atoms with Crippen LogP contribution in [0.25, 0.3) is 22.4 Å². The van der Waals surface area contributed by atoms with Crippen LogP contribution in [0, 0.1) is 12.7 Å². The molecule has 1 aliphatic heterocycles. The van der Waals surface area contributed by atoms with E-state index in [1.54, 1.807) is 25.1 Å². The molecule has 7 nitrogen and oxygen atoms in total. The maximum atomic E-state index is 13.3. The first kappa shape index (κ1) is 19.8. The van der Waals surface area contributed by atoms with E-state index in [9.17, 15) is 9.18 Å². The number of pyridine rings is 1. The van der Waals surface area contributed by atoms with E-state index in [0.717, 1.165) is 31.7 Å². The highest BCUT2D eigenvalue weighted by Crippen LogP contribution is 2.31. The minimum Gasteiger partial charge on any atom is -0.335 e. The van der Waals surface area contributed by atoms with Gasteiger partial charge in [-0.05, 0) is 43.8 Å². The van der Waals surface area contributed by atoms with Crippen LogP contribution in [0.2, 0.25) is 0 Å². The van der Waals surface area contributed by atoms with Gasteiger partial charge in [-0.15, -0.1) is 11.3 Å². The maximum Gasteiger partial charge on any atom is 0.259 e. The van der Waals surface area contributed by atoms with Gasteiger partial charge in [0, 0.05) is 30.0 Å². The van der Waals surface area contributed by atoms with E-state index in [-0.39, 0.29) is 17.4 Å². The van der Waals surface area contributed by atoms with Crippen LogP contribution in [-0.4, -0.2) is 39.0 Å². The van der Waals surface area contributed by atoms with Gasteiger partial charge in [-0.1, -0.05) is 12.1 Å². The Morgan fingerprint density at radius 1 is 1.29 bits per heavy atom. The fraction of sp³-hybridized carbons (Fsp3) is 0.273. The number of hydrogen-bond donors (Lipinski definition) is 1. The number of aromatic nitrogens is 3. The van der Waals surface area contributed by atoms with Gasteiger partial charge in [0.15, 0.2) is 5.13 Å². The molecule has 158 valence electrons. The Bertz CT molecular complexity index is 1280. The average molecular weight is 438 g/mol. The molecular formula is C22H20FN5O2S. The van der Waals surface area contributed by atoms with Crippen molar-refractivity contribution in [3.8, 4) is 11.3 Å². The summed E-state index contributed by atoms with van der Waals surface area (Å²) in [6.45, 7) is 6.74. The number of hydrogen-bond acceptors (Lipinski definition) is 7. The van der Waals surface area contributed by atoms with Crippen molar-refractivity contribution in [3.63, 3.8) is 0 Å². The minimum absolute atomic E-state index is 0.265. The highest BCUT2D eigenvalue weighted by atomic mass is 32.1. The number of thiazole rings is 1. The number of nitrogens with zero attached hydrogens (tertiary/aromatic N) is 4. The van der Waals surface area contributed by atoms with Crippen LogP contribution in [0.5, 0.6) is 0 Å². The molecule has 9 heteroatoms. The monoisotopic (exact) mass is 437 g/mol. The van der Waals surface area contributed by atoms with Crippen LogP contribution in [0.4, 0.5) is 9.52 Å². The smallest absolute Gasteiger partial charge is 0.259 e. The van der Waals surface area contributed by atoms with Crippen LogP contribution in [-0.2, 0) is 13.0 Å². The second-order valence-electron chi connectivity index (χ2n) is 7.47. The number of anilines is 1. The average Bonchev–Trinajstić information content (AvgIpc) is 3.35. The Hall–Kier alpha value is -3.17. The van der Waals surface area contributed by atoms with Gasteiger partial charge in [0.2, 0.25) is 0 Å². The molecule has 1 amide bonds. The van der Waals surface area contributed by atoms with E-state index in [1.807, 2.05) is 0 Å². The molecule has 0 aliphatic carbocycles. The molecule has 0 spiro atoms. The summed E-state index contributed by atoms with van der Waals surface area (Å²) in [6, 6.07) is 7.62. The molecular weight excluding hydrogens is 417 g/mol. The summed E-state index contributed by atoms with van der Waals surface area (Å²) in [5.74, 6) is -0.645. The molecule has 0 bridgehead atoms. The molecule has 1 N–H and O–H groups in total. The maximum absolute atomic E-state index is 13.3. The van der Waals surface area contributed by atoms with Crippen molar-refractivity contribution in [1.29, 1.82) is 0 Å². The second kappa shape index (κ2) is 7.82. The summed E-state index contributed by atoms with van der Waals surface area (Å²) in [5.41, 5.74) is 3.47. The van der Waals surface area contributed by atoms with Gasteiger partial charge in [0.05, 0.1) is 28.0 Å². The molecule has 0 saturated carbocycles. The topological polar surface area (TPSA) is 84.2 Å². The summed E-state index contributed by atoms with van der Waals surface area (Å²) in [7, 11) is 0. The Kier molecular flexibility index (Phi) is 4.99. The van der Waals surface area contributed by atoms with Crippen molar-refractivity contribution in [1.82, 2.24) is 20.0 Å². The summed E-state index contributed by atoms with van der Waals surface area (Å²) < 4.78 is 18.7. The third kappa shape index (κ3) is 3.70. The molecule has 0 fully saturated rings. The number of carbonyl (C=O) groups excluding carboxylic acids is 1. The lowest BCUT2D eigenvalue weighted by Crippen LogP contribution is -2.29. The fourth-order valence-corrected chi connectivity index (χ4v) is 4.82. The molecule has 5 rings (SSSR count). The third-order valence-electron chi connectivity index (χ3n) is 5.48. The zero-order valence-electron chi connectivity index (χ0n) is 17.1. The van der Waals surface area contributed by atoms with E-state index in [2.05, 4.69) is 32.3 Å². The van der Waals surface area contributed by atoms with E-state index < -0.39 is 0 Å². The van der Waals surface area contributed by atoms with Gasteiger partial charge < -0.3 is 4.52 Å². The summed E-state index contributed by atoms with van der Waals surface area (Å²) in [5, 5.41) is 8.04. The predicted octanol–water partition coefficient (Wildman–Crippen LogP) is 4.42. The number of benzene rings is 1. The zero-order chi connectivity index (χ0) is 21.5. The molecule has 4 aromatic rings. The molecule has 0 radical (unpaired) electrons. The molecule has 0 saturated heterocycles. The van der Waals surface area contributed by atoms with Crippen molar-refractivity contribution in [3.05, 3.63) is 58.0 Å². The number of fused-ring (bicyclic) bond motifs is 2. The predicted molar refractivity (Wildman–Crippen MR) is 117 cm³/mol. The molecule has 1 aliphatic rings. The first-order chi connectivity index (χ1) is 15.0. The van der Waals surface area contributed by atoms with Crippen LogP contribution in [0.15, 0.2) is 34.9 Å². The molecule has 4 heterocycles. The lowest BCUT2D eigenvalue weighted by Gasteiger charge is -2.23. The van der Waals surface area contributed by atoms with E-state index in [4.69, 9.17) is 4.52 Å². The van der Waals surface area contributed by atoms with Crippen molar-refractivity contribution < 1.29 is 13.7 Å². The lowest BCUT2D eigenvalue weighted by atomic mass is 10.1. The lowest BCUT2D eigenvalue weighted by molar-refractivity contribution is 0.102. The fourth-order valence-electron chi connectivity index (χ4n) is 3.78. The van der Waals surface area contributed by atoms with Crippen LogP contribution in [0.1, 0.15) is 33.5 Å². The zero-order valence-corrected chi connectivity index (χ0v) is 17.9. The molecule has 1 aromatic carbocycles. The molecule has 0 atom stereocenters. The van der Waals surface area contributed by atoms with Crippen molar-refractivity contribution in [2.24, 2.45) is 0 Å². The first-order valence-electron chi connectivity index (χ1n) is 10.1. The van der Waals surface area contributed by atoms with Crippen molar-refractivity contribution in [2.75, 3.05) is 18.4 Å². The Labute approximate surface area is 181 Å². The number of halogens is 1. The quantitative estimate of drug-likeness (QED) is 0.509. The summed E-state index contributed by atoms with van der Waals surface area (Å²) >= 11 is 1.51. The van der Waals surface area contributed by atoms with Gasteiger partial charge in [0.25, 0.3) is 11.6 Å². The van der Waals surface area contributed by atoms with Crippen molar-refractivity contribution in [2.45, 2.75) is 26.8 Å². The Balaban J connectivity index is 1.50. The number of aryl methyl sites for hydroxylation is 1. The number of carbonyl (C=O) groups is 1. The number of rotatable bonds is 4. The highest BCUT2D eigenvalue weighted by molar-refractivity contribution is 7.15. The van der Waals surface area contributed by atoms with E-state index in [0.29, 0.717) is 33.0 Å². The van der Waals surface area contributed by atoms with E-state index in [1.165, 1.54) is 28.3 Å². The third-order valence-corrected chi connectivity index (χ3v) is 6.48. The molecule has 3 aromatic heterocycles. The largest absolute Gasteiger partial charge is 0.335 e. The van der Waals surface area contributed by atoms with Gasteiger partial charge in [0.1, 0.15) is 5.82 Å². The number of nitrogens with one attached hydrogen (secondary N) is 1. The molecule has 31 heavy (non-hydrogen) atoms. The van der Waals surface area contributed by atoms with Crippen LogP contribution < -0.4 is 5.32 Å². The van der Waals surface area contributed by atoms with Crippen LogP contribution in [0.3, 0.4) is 0 Å². The Morgan fingerprint density at radius 3 is 2.87 bits per heavy atom. The summed E-state index contributed by atoms with van der Waals surface area (Å²) in [4.78, 5) is 25.9. The SMILES string of the molecule is CCN1CCc2nc(NC(=O)c3cc(-c4ccc(F)cc4)nc4onc(C)c34)sc2C1. The van der Waals surface area contributed by atoms with Crippen LogP contribution >= 0.6 is 11.3 Å².